The number of anilines is 1. The van der Waals surface area contributed by atoms with Crippen molar-refractivity contribution in [2.24, 2.45) is 0 Å². The maximum Gasteiger partial charge on any atom is 0.460 e. The Morgan fingerprint density at radius 2 is 1.30 bits per heavy atom. The number of alkyl halides is 12. The van der Waals surface area contributed by atoms with Crippen molar-refractivity contribution in [3.63, 3.8) is 0 Å². The summed E-state index contributed by atoms with van der Waals surface area (Å²) in [6, 6.07) is 0.569. The highest BCUT2D eigenvalue weighted by Crippen LogP contribution is 2.53. The van der Waals surface area contributed by atoms with Gasteiger partial charge < -0.3 is 5.32 Å². The number of rotatable bonds is 4. The van der Waals surface area contributed by atoms with Gasteiger partial charge in [0.1, 0.15) is 0 Å². The van der Waals surface area contributed by atoms with Crippen LogP contribution >= 0.6 is 11.6 Å². The van der Waals surface area contributed by atoms with E-state index in [1.54, 1.807) is 0 Å². The van der Waals surface area contributed by atoms with Gasteiger partial charge in [-0.2, -0.15) is 52.7 Å². The average molecular weight is 442 g/mol. The molecule has 0 radical (unpaired) electrons. The van der Waals surface area contributed by atoms with Crippen LogP contribution in [-0.4, -0.2) is 29.9 Å². The van der Waals surface area contributed by atoms with E-state index in [4.69, 9.17) is 11.6 Å². The summed E-state index contributed by atoms with van der Waals surface area (Å²) in [6.07, 6.45) is -12.3. The van der Waals surface area contributed by atoms with Crippen LogP contribution in [0.1, 0.15) is 5.56 Å². The van der Waals surface area contributed by atoms with Crippen molar-refractivity contribution >= 4 is 23.2 Å². The first-order chi connectivity index (χ1) is 11.8. The molecular formula is C12H4ClF12NO. The number of hydrogen-bond acceptors (Lipinski definition) is 1. The van der Waals surface area contributed by atoms with Crippen molar-refractivity contribution in [1.29, 1.82) is 0 Å². The van der Waals surface area contributed by atoms with Gasteiger partial charge in [-0.25, -0.2) is 0 Å². The third kappa shape index (κ3) is 4.04. The first kappa shape index (κ1) is 23.2. The summed E-state index contributed by atoms with van der Waals surface area (Å²) in [5, 5.41) is -0.227. The Kier molecular flexibility index (Phi) is 5.70. The van der Waals surface area contributed by atoms with Crippen LogP contribution in [0.5, 0.6) is 0 Å². The second-order valence-corrected chi connectivity index (χ2v) is 5.27. The van der Waals surface area contributed by atoms with Crippen LogP contribution in [0, 0.1) is 0 Å². The Labute approximate surface area is 146 Å². The molecule has 1 N–H and O–H groups in total. The van der Waals surface area contributed by atoms with Crippen molar-refractivity contribution < 1.29 is 57.5 Å². The largest absolute Gasteiger partial charge is 0.460 e. The second-order valence-electron chi connectivity index (χ2n) is 4.87. The van der Waals surface area contributed by atoms with E-state index in [-0.39, 0.29) is 6.07 Å². The smallest absolute Gasteiger partial charge is 0.319 e. The minimum Gasteiger partial charge on any atom is -0.319 e. The Morgan fingerprint density at radius 1 is 0.815 bits per heavy atom. The van der Waals surface area contributed by atoms with Gasteiger partial charge in [0.25, 0.3) is 0 Å². The van der Waals surface area contributed by atoms with E-state index < -0.39 is 52.3 Å². The molecule has 154 valence electrons. The fraction of sp³-hybridized carbons (Fsp3) is 0.417. The first-order valence-corrected chi connectivity index (χ1v) is 6.53. The average Bonchev–Trinajstić information content (AvgIpc) is 2.46. The Bertz CT molecular complexity index is 724. The topological polar surface area (TPSA) is 29.1 Å². The Morgan fingerprint density at radius 3 is 1.70 bits per heavy atom. The SMILES string of the molecule is O=C(Nc1cc(C(F)(F)F)ccc1Cl)C(F)(F)C(F)(F)C(F)(F)C(F)(F)F. The molecule has 0 atom stereocenters. The summed E-state index contributed by atoms with van der Waals surface area (Å²) in [5.74, 6) is -24.7. The molecule has 1 amide bonds. The van der Waals surface area contributed by atoms with Crippen molar-refractivity contribution in [3.8, 4) is 0 Å². The summed E-state index contributed by atoms with van der Waals surface area (Å²) >= 11 is 5.27. The van der Waals surface area contributed by atoms with Gasteiger partial charge >= 0.3 is 36.0 Å². The lowest BCUT2D eigenvalue weighted by Crippen LogP contribution is -2.64. The van der Waals surface area contributed by atoms with Gasteiger partial charge in [0.15, 0.2) is 0 Å². The lowest BCUT2D eigenvalue weighted by atomic mass is 10.0. The Hall–Kier alpha value is -1.86. The number of nitrogens with one attached hydrogen (secondary N) is 1. The standard InChI is InChI=1S/C12H4ClF12NO/c13-5-2-1-4(9(16,17)18)3-6(5)26-7(27)8(14,15)10(19,20)11(21,22)12(23,24)25/h1-3H,(H,26,27). The van der Waals surface area contributed by atoms with Crippen molar-refractivity contribution in [3.05, 3.63) is 28.8 Å². The summed E-state index contributed by atoms with van der Waals surface area (Å²) in [4.78, 5) is 11.2. The van der Waals surface area contributed by atoms with Crippen LogP contribution in [0.25, 0.3) is 0 Å². The van der Waals surface area contributed by atoms with Crippen LogP contribution in [0.3, 0.4) is 0 Å². The zero-order valence-corrected chi connectivity index (χ0v) is 12.8. The predicted molar refractivity (Wildman–Crippen MR) is 66.0 cm³/mol. The molecule has 0 bridgehead atoms. The van der Waals surface area contributed by atoms with Gasteiger partial charge in [-0.15, -0.1) is 0 Å². The number of benzene rings is 1. The number of halogens is 13. The quantitative estimate of drug-likeness (QED) is 0.591. The van der Waals surface area contributed by atoms with Gasteiger partial charge in [0, 0.05) is 0 Å². The number of amides is 1. The molecule has 0 saturated heterocycles. The first-order valence-electron chi connectivity index (χ1n) is 6.15. The van der Waals surface area contributed by atoms with Crippen LogP contribution in [-0.2, 0) is 11.0 Å². The number of carbonyl (C=O) groups is 1. The summed E-state index contributed by atoms with van der Waals surface area (Å²) in [5.41, 5.74) is -2.99. The number of carbonyl (C=O) groups excluding carboxylic acids is 1. The van der Waals surface area contributed by atoms with E-state index in [0.29, 0.717) is 17.4 Å². The van der Waals surface area contributed by atoms with Crippen molar-refractivity contribution in [1.82, 2.24) is 0 Å². The highest BCUT2D eigenvalue weighted by molar-refractivity contribution is 6.33. The molecule has 1 aromatic rings. The van der Waals surface area contributed by atoms with Crippen LogP contribution in [0.15, 0.2) is 18.2 Å². The second kappa shape index (κ2) is 6.63. The number of hydrogen-bond donors (Lipinski definition) is 1. The van der Waals surface area contributed by atoms with Crippen molar-refractivity contribution in [2.45, 2.75) is 30.1 Å². The van der Waals surface area contributed by atoms with E-state index in [9.17, 15) is 57.5 Å². The van der Waals surface area contributed by atoms with Gasteiger partial charge in [-0.05, 0) is 18.2 Å². The van der Waals surface area contributed by atoms with E-state index in [1.807, 2.05) is 0 Å². The molecule has 0 fully saturated rings. The van der Waals surface area contributed by atoms with Crippen LogP contribution in [0.2, 0.25) is 5.02 Å². The third-order valence-corrected chi connectivity index (χ3v) is 3.30. The Balaban J connectivity index is 3.30. The molecule has 2 nitrogen and oxygen atoms in total. The molecule has 0 saturated carbocycles. The summed E-state index contributed by atoms with van der Waals surface area (Å²) in [7, 11) is 0. The molecule has 0 aliphatic rings. The molecule has 0 aliphatic carbocycles. The minimum absolute atomic E-state index is 0.115. The maximum absolute atomic E-state index is 13.4. The van der Waals surface area contributed by atoms with E-state index in [0.717, 1.165) is 0 Å². The molecule has 0 aromatic heterocycles. The molecular weight excluding hydrogens is 438 g/mol. The highest BCUT2D eigenvalue weighted by Gasteiger charge is 2.83. The van der Waals surface area contributed by atoms with Gasteiger partial charge in [-0.1, -0.05) is 11.6 Å². The predicted octanol–water partition coefficient (Wildman–Crippen LogP) is 5.77. The molecule has 0 heterocycles. The normalized spacial score (nSPS) is 14.3. The molecule has 27 heavy (non-hydrogen) atoms. The summed E-state index contributed by atoms with van der Waals surface area (Å²) < 4.78 is 152. The molecule has 0 aliphatic heterocycles. The van der Waals surface area contributed by atoms with Crippen molar-refractivity contribution in [2.75, 3.05) is 5.32 Å². The zero-order chi connectivity index (χ0) is 21.6. The molecule has 15 heteroatoms. The van der Waals surface area contributed by atoms with E-state index in [2.05, 4.69) is 0 Å². The highest BCUT2D eigenvalue weighted by atomic mass is 35.5. The fourth-order valence-corrected chi connectivity index (χ4v) is 1.68. The molecule has 0 spiro atoms. The fourth-order valence-electron chi connectivity index (χ4n) is 1.52. The summed E-state index contributed by atoms with van der Waals surface area (Å²) in [6.45, 7) is 0. The maximum atomic E-state index is 13.4. The van der Waals surface area contributed by atoms with Gasteiger partial charge in [0.05, 0.1) is 16.3 Å². The lowest BCUT2D eigenvalue weighted by molar-refractivity contribution is -0.388. The molecule has 0 unspecified atom stereocenters. The van der Waals surface area contributed by atoms with E-state index >= 15 is 0 Å². The van der Waals surface area contributed by atoms with Gasteiger partial charge in [0.2, 0.25) is 0 Å². The monoisotopic (exact) mass is 441 g/mol. The molecule has 1 rings (SSSR count). The van der Waals surface area contributed by atoms with Crippen LogP contribution in [0.4, 0.5) is 58.4 Å². The van der Waals surface area contributed by atoms with Gasteiger partial charge in [-0.3, -0.25) is 4.79 Å². The zero-order valence-electron chi connectivity index (χ0n) is 12.1. The minimum atomic E-state index is -7.33. The van der Waals surface area contributed by atoms with E-state index in [1.165, 1.54) is 0 Å². The lowest BCUT2D eigenvalue weighted by Gasteiger charge is -2.32. The molecule has 1 aromatic carbocycles. The third-order valence-electron chi connectivity index (χ3n) is 2.97. The van der Waals surface area contributed by atoms with Crippen LogP contribution < -0.4 is 5.32 Å².